The van der Waals surface area contributed by atoms with E-state index in [4.69, 9.17) is 4.74 Å². The fraction of sp³-hybridized carbons (Fsp3) is 0.300. The Morgan fingerprint density at radius 3 is 2.64 bits per heavy atom. The molecule has 1 saturated heterocycles. The van der Waals surface area contributed by atoms with Gasteiger partial charge in [0, 0.05) is 30.8 Å². The molecule has 2 aromatic carbocycles. The number of methoxy groups -OCH3 is 1. The lowest BCUT2D eigenvalue weighted by Gasteiger charge is -2.18. The number of ether oxygens (including phenoxy) is 1. The fourth-order valence-electron chi connectivity index (χ4n) is 3.02. The summed E-state index contributed by atoms with van der Waals surface area (Å²) in [5.41, 5.74) is 2.83. The summed E-state index contributed by atoms with van der Waals surface area (Å²) in [7, 11) is 1.61. The normalized spacial score (nSPS) is 16.8. The maximum atomic E-state index is 12.5. The van der Waals surface area contributed by atoms with E-state index >= 15 is 0 Å². The van der Waals surface area contributed by atoms with Gasteiger partial charge >= 0.3 is 0 Å². The van der Waals surface area contributed by atoms with Gasteiger partial charge in [0.05, 0.1) is 13.0 Å². The molecule has 1 N–H and O–H groups in total. The Balaban J connectivity index is 1.63. The number of carbonyl (C=O) groups is 2. The molecule has 130 valence electrons. The molecule has 0 spiro atoms. The molecule has 0 radical (unpaired) electrons. The summed E-state index contributed by atoms with van der Waals surface area (Å²) in [5, 5.41) is 2.90. The van der Waals surface area contributed by atoms with E-state index in [9.17, 15) is 9.59 Å². The second-order valence-electron chi connectivity index (χ2n) is 6.34. The van der Waals surface area contributed by atoms with E-state index in [1.54, 1.807) is 12.0 Å². The summed E-state index contributed by atoms with van der Waals surface area (Å²) in [6.07, 6.45) is 0.243. The third-order valence-corrected chi connectivity index (χ3v) is 4.46. The molecule has 0 aliphatic carbocycles. The van der Waals surface area contributed by atoms with Gasteiger partial charge in [-0.1, -0.05) is 35.9 Å². The number of nitrogens with one attached hydrogen (secondary N) is 1. The van der Waals surface area contributed by atoms with Crippen LogP contribution >= 0.6 is 0 Å². The number of hydrogen-bond acceptors (Lipinski definition) is 3. The first-order chi connectivity index (χ1) is 12.1. The van der Waals surface area contributed by atoms with E-state index in [1.807, 2.05) is 55.5 Å². The number of aryl methyl sites for hydroxylation is 1. The highest BCUT2D eigenvalue weighted by molar-refractivity contribution is 5.97. The molecule has 1 aliphatic rings. The highest BCUT2D eigenvalue weighted by atomic mass is 16.5. The van der Waals surface area contributed by atoms with Crippen LogP contribution in [0.2, 0.25) is 0 Å². The molecule has 1 fully saturated rings. The smallest absolute Gasteiger partial charge is 0.229 e. The monoisotopic (exact) mass is 338 g/mol. The van der Waals surface area contributed by atoms with Gasteiger partial charge in [-0.15, -0.1) is 0 Å². The van der Waals surface area contributed by atoms with Crippen LogP contribution in [0.5, 0.6) is 5.75 Å². The summed E-state index contributed by atoms with van der Waals surface area (Å²) >= 11 is 0. The summed E-state index contributed by atoms with van der Waals surface area (Å²) < 4.78 is 5.34. The Bertz CT molecular complexity index is 771. The minimum absolute atomic E-state index is 0.00466. The van der Waals surface area contributed by atoms with Gasteiger partial charge in [0.25, 0.3) is 0 Å². The standard InChI is InChI=1S/C20H22N2O3/c1-14-7-9-17(10-8-14)21-20(24)16-11-19(23)22(13-16)12-15-5-3-4-6-18(15)25-2/h3-10,16H,11-13H2,1-2H3,(H,21,24)/t16-/m0/s1. The van der Waals surface area contributed by atoms with Gasteiger partial charge in [-0.05, 0) is 25.1 Å². The maximum absolute atomic E-state index is 12.5. The zero-order valence-electron chi connectivity index (χ0n) is 14.5. The topological polar surface area (TPSA) is 58.6 Å². The van der Waals surface area contributed by atoms with E-state index in [1.165, 1.54) is 0 Å². The number of likely N-dealkylation sites (tertiary alicyclic amines) is 1. The van der Waals surface area contributed by atoms with Gasteiger partial charge in [0.1, 0.15) is 5.75 Å². The van der Waals surface area contributed by atoms with Gasteiger partial charge in [0.15, 0.2) is 0 Å². The second-order valence-corrected chi connectivity index (χ2v) is 6.34. The number of amides is 2. The van der Waals surface area contributed by atoms with Crippen LogP contribution in [-0.4, -0.2) is 30.4 Å². The number of para-hydroxylation sites is 1. The van der Waals surface area contributed by atoms with Crippen molar-refractivity contribution in [2.45, 2.75) is 19.9 Å². The maximum Gasteiger partial charge on any atom is 0.229 e. The number of nitrogens with zero attached hydrogens (tertiary/aromatic N) is 1. The van der Waals surface area contributed by atoms with E-state index in [-0.39, 0.29) is 24.2 Å². The Morgan fingerprint density at radius 1 is 1.20 bits per heavy atom. The van der Waals surface area contributed by atoms with Crippen molar-refractivity contribution in [2.24, 2.45) is 5.92 Å². The first-order valence-corrected chi connectivity index (χ1v) is 8.34. The molecule has 0 aromatic heterocycles. The van der Waals surface area contributed by atoms with Crippen LogP contribution in [0.25, 0.3) is 0 Å². The van der Waals surface area contributed by atoms with Gasteiger partial charge in [-0.25, -0.2) is 0 Å². The SMILES string of the molecule is COc1ccccc1CN1C[C@@H](C(=O)Nc2ccc(C)cc2)CC1=O. The third-order valence-electron chi connectivity index (χ3n) is 4.46. The molecule has 2 aromatic rings. The summed E-state index contributed by atoms with van der Waals surface area (Å²) in [4.78, 5) is 26.5. The molecule has 25 heavy (non-hydrogen) atoms. The Labute approximate surface area is 147 Å². The van der Waals surface area contributed by atoms with Gasteiger partial charge in [-0.3, -0.25) is 9.59 Å². The van der Waals surface area contributed by atoms with Crippen LogP contribution in [-0.2, 0) is 16.1 Å². The first-order valence-electron chi connectivity index (χ1n) is 8.34. The van der Waals surface area contributed by atoms with Crippen LogP contribution in [0.15, 0.2) is 48.5 Å². The first kappa shape index (κ1) is 17.0. The van der Waals surface area contributed by atoms with Crippen LogP contribution in [0, 0.1) is 12.8 Å². The number of anilines is 1. The summed E-state index contributed by atoms with van der Waals surface area (Å²) in [6.45, 7) is 2.88. The van der Waals surface area contributed by atoms with Crippen molar-refractivity contribution in [1.82, 2.24) is 4.90 Å². The molecule has 0 unspecified atom stereocenters. The number of hydrogen-bond donors (Lipinski definition) is 1. The van der Waals surface area contributed by atoms with Crippen molar-refractivity contribution >= 4 is 17.5 Å². The zero-order chi connectivity index (χ0) is 17.8. The number of rotatable bonds is 5. The Morgan fingerprint density at radius 2 is 1.92 bits per heavy atom. The molecule has 5 nitrogen and oxygen atoms in total. The molecule has 1 heterocycles. The molecule has 1 atom stereocenters. The summed E-state index contributed by atoms with van der Waals surface area (Å²) in [5.74, 6) is 0.307. The average molecular weight is 338 g/mol. The molecular formula is C20H22N2O3. The minimum Gasteiger partial charge on any atom is -0.496 e. The lowest BCUT2D eigenvalue weighted by atomic mass is 10.1. The fourth-order valence-corrected chi connectivity index (χ4v) is 3.02. The van der Waals surface area contributed by atoms with E-state index in [2.05, 4.69) is 5.32 Å². The molecule has 3 rings (SSSR count). The van der Waals surface area contributed by atoms with Crippen molar-refractivity contribution < 1.29 is 14.3 Å². The Kier molecular flexibility index (Phi) is 5.03. The third kappa shape index (κ3) is 3.99. The zero-order valence-corrected chi connectivity index (χ0v) is 14.5. The molecule has 0 bridgehead atoms. The van der Waals surface area contributed by atoms with Crippen LogP contribution < -0.4 is 10.1 Å². The van der Waals surface area contributed by atoms with Crippen LogP contribution in [0.4, 0.5) is 5.69 Å². The highest BCUT2D eigenvalue weighted by Crippen LogP contribution is 2.25. The molecule has 2 amide bonds. The largest absolute Gasteiger partial charge is 0.496 e. The van der Waals surface area contributed by atoms with E-state index in [0.29, 0.717) is 13.1 Å². The number of benzene rings is 2. The quantitative estimate of drug-likeness (QED) is 0.912. The highest BCUT2D eigenvalue weighted by Gasteiger charge is 2.34. The van der Waals surface area contributed by atoms with Crippen molar-refractivity contribution in [3.05, 3.63) is 59.7 Å². The van der Waals surface area contributed by atoms with Gasteiger partial charge in [0.2, 0.25) is 11.8 Å². The van der Waals surface area contributed by atoms with Crippen LogP contribution in [0.1, 0.15) is 17.5 Å². The van der Waals surface area contributed by atoms with Gasteiger partial charge < -0.3 is 15.0 Å². The molecule has 5 heteroatoms. The van der Waals surface area contributed by atoms with Crippen molar-refractivity contribution in [1.29, 1.82) is 0 Å². The van der Waals surface area contributed by atoms with E-state index in [0.717, 1.165) is 22.6 Å². The molecule has 0 saturated carbocycles. The average Bonchev–Trinajstić information content (AvgIpc) is 2.98. The van der Waals surface area contributed by atoms with Crippen LogP contribution in [0.3, 0.4) is 0 Å². The minimum atomic E-state index is -0.330. The van der Waals surface area contributed by atoms with Crippen molar-refractivity contribution in [3.8, 4) is 5.75 Å². The van der Waals surface area contributed by atoms with Crippen molar-refractivity contribution in [2.75, 3.05) is 19.0 Å². The second kappa shape index (κ2) is 7.38. The number of carbonyl (C=O) groups excluding carboxylic acids is 2. The lowest BCUT2D eigenvalue weighted by molar-refractivity contribution is -0.128. The predicted octanol–water partition coefficient (Wildman–Crippen LogP) is 2.99. The predicted molar refractivity (Wildman–Crippen MR) is 96.3 cm³/mol. The summed E-state index contributed by atoms with van der Waals surface area (Å²) in [6, 6.07) is 15.3. The molecule has 1 aliphatic heterocycles. The van der Waals surface area contributed by atoms with E-state index < -0.39 is 0 Å². The van der Waals surface area contributed by atoms with Gasteiger partial charge in [-0.2, -0.15) is 0 Å². The molecular weight excluding hydrogens is 316 g/mol. The Hall–Kier alpha value is -2.82. The van der Waals surface area contributed by atoms with Crippen molar-refractivity contribution in [3.63, 3.8) is 0 Å². The lowest BCUT2D eigenvalue weighted by Crippen LogP contribution is -2.28.